The van der Waals surface area contributed by atoms with Gasteiger partial charge in [-0.05, 0) is 32.6 Å². The third-order valence-corrected chi connectivity index (χ3v) is 6.38. The summed E-state index contributed by atoms with van der Waals surface area (Å²) in [6.45, 7) is 3.49. The molecule has 1 aromatic rings. The predicted octanol–water partition coefficient (Wildman–Crippen LogP) is 0.897. The molecule has 1 N–H and O–H groups in total. The summed E-state index contributed by atoms with van der Waals surface area (Å²) in [6, 6.07) is 0.00329. The van der Waals surface area contributed by atoms with Crippen molar-refractivity contribution in [1.82, 2.24) is 14.1 Å². The highest BCUT2D eigenvalue weighted by molar-refractivity contribution is 7.90. The molecule has 0 spiro atoms. The number of anilines is 1. The molecule has 1 saturated carbocycles. The molecule has 0 radical (unpaired) electrons. The van der Waals surface area contributed by atoms with Gasteiger partial charge in [0.05, 0.1) is 5.25 Å². The topological polar surface area (TPSA) is 75.2 Å². The molecule has 0 amide bonds. The van der Waals surface area contributed by atoms with Crippen LogP contribution in [0.4, 0.5) is 5.13 Å². The Morgan fingerprint density at radius 3 is 2.79 bits per heavy atom. The van der Waals surface area contributed by atoms with E-state index in [1.165, 1.54) is 11.5 Å². The number of aromatic nitrogens is 2. The number of piperidine rings is 1. The van der Waals surface area contributed by atoms with Gasteiger partial charge in [-0.2, -0.15) is 4.37 Å². The second-order valence-corrected chi connectivity index (χ2v) is 7.99. The highest BCUT2D eigenvalue weighted by Gasteiger charge is 2.37. The van der Waals surface area contributed by atoms with E-state index in [2.05, 4.69) is 19.0 Å². The molecular formula is C11H18N4O2S2. The van der Waals surface area contributed by atoms with Gasteiger partial charge >= 0.3 is 0 Å². The van der Waals surface area contributed by atoms with Crippen LogP contribution in [-0.4, -0.2) is 42.2 Å². The van der Waals surface area contributed by atoms with Crippen molar-refractivity contribution in [2.24, 2.45) is 0 Å². The molecule has 1 unspecified atom stereocenters. The van der Waals surface area contributed by atoms with Crippen LogP contribution in [0.25, 0.3) is 0 Å². The molecule has 19 heavy (non-hydrogen) atoms. The fourth-order valence-electron chi connectivity index (χ4n) is 2.37. The van der Waals surface area contributed by atoms with E-state index in [1.54, 1.807) is 0 Å². The molecule has 0 bridgehead atoms. The molecule has 2 heterocycles. The van der Waals surface area contributed by atoms with Crippen LogP contribution in [0.1, 0.15) is 31.5 Å². The van der Waals surface area contributed by atoms with Crippen molar-refractivity contribution < 1.29 is 8.42 Å². The van der Waals surface area contributed by atoms with Crippen molar-refractivity contribution in [3.8, 4) is 0 Å². The van der Waals surface area contributed by atoms with E-state index in [0.29, 0.717) is 6.54 Å². The van der Waals surface area contributed by atoms with Gasteiger partial charge in [0.1, 0.15) is 5.82 Å². The van der Waals surface area contributed by atoms with Crippen LogP contribution < -0.4 is 9.62 Å². The van der Waals surface area contributed by atoms with Crippen LogP contribution in [0, 0.1) is 6.92 Å². The van der Waals surface area contributed by atoms with Gasteiger partial charge in [-0.25, -0.2) is 18.1 Å². The average Bonchev–Trinajstić information content (AvgIpc) is 3.13. The summed E-state index contributed by atoms with van der Waals surface area (Å²) < 4.78 is 30.9. The van der Waals surface area contributed by atoms with Crippen molar-refractivity contribution >= 4 is 26.7 Å². The highest BCUT2D eigenvalue weighted by atomic mass is 32.2. The molecule has 1 atom stereocenters. The lowest BCUT2D eigenvalue weighted by molar-refractivity contribution is 0.465. The first-order chi connectivity index (χ1) is 9.04. The molecule has 2 aliphatic rings. The maximum absolute atomic E-state index is 12.0. The number of nitrogens with zero attached hydrogens (tertiary/aromatic N) is 3. The van der Waals surface area contributed by atoms with Crippen molar-refractivity contribution in [2.75, 3.05) is 18.0 Å². The fourth-order valence-corrected chi connectivity index (χ4v) is 4.68. The van der Waals surface area contributed by atoms with Crippen LogP contribution in [0.2, 0.25) is 0 Å². The van der Waals surface area contributed by atoms with Gasteiger partial charge in [0, 0.05) is 30.7 Å². The SMILES string of the molecule is Cc1nsc(N2CCCC(NS(=O)(=O)C3CC3)C2)n1. The van der Waals surface area contributed by atoms with Crippen molar-refractivity contribution in [3.63, 3.8) is 0 Å². The molecule has 106 valence electrons. The Bertz CT molecular complexity index is 553. The van der Waals surface area contributed by atoms with E-state index >= 15 is 0 Å². The molecule has 0 aromatic carbocycles. The second kappa shape index (κ2) is 4.99. The van der Waals surface area contributed by atoms with Crippen molar-refractivity contribution in [3.05, 3.63) is 5.82 Å². The van der Waals surface area contributed by atoms with E-state index in [0.717, 1.165) is 43.2 Å². The summed E-state index contributed by atoms with van der Waals surface area (Å²) in [5, 5.41) is 0.750. The Morgan fingerprint density at radius 2 is 2.16 bits per heavy atom. The van der Waals surface area contributed by atoms with Crippen LogP contribution in [-0.2, 0) is 10.0 Å². The lowest BCUT2D eigenvalue weighted by Crippen LogP contribution is -2.48. The highest BCUT2D eigenvalue weighted by Crippen LogP contribution is 2.29. The zero-order chi connectivity index (χ0) is 13.5. The Hall–Kier alpha value is -0.730. The third kappa shape index (κ3) is 3.06. The van der Waals surface area contributed by atoms with E-state index < -0.39 is 10.0 Å². The second-order valence-electron chi connectivity index (χ2n) is 5.27. The fraction of sp³-hybridized carbons (Fsp3) is 0.818. The summed E-state index contributed by atoms with van der Waals surface area (Å²) in [5.74, 6) is 0.778. The van der Waals surface area contributed by atoms with Crippen LogP contribution in [0.15, 0.2) is 0 Å². The van der Waals surface area contributed by atoms with Gasteiger partial charge in [-0.1, -0.05) is 0 Å². The molecular weight excluding hydrogens is 284 g/mol. The number of rotatable bonds is 4. The minimum Gasteiger partial charge on any atom is -0.345 e. The zero-order valence-electron chi connectivity index (χ0n) is 10.9. The molecule has 2 fully saturated rings. The first kappa shape index (κ1) is 13.3. The Labute approximate surface area is 117 Å². The third-order valence-electron chi connectivity index (χ3n) is 3.50. The smallest absolute Gasteiger partial charge is 0.214 e. The van der Waals surface area contributed by atoms with E-state index in [9.17, 15) is 8.42 Å². The van der Waals surface area contributed by atoms with Gasteiger partial charge in [0.25, 0.3) is 0 Å². The minimum absolute atomic E-state index is 0.00329. The van der Waals surface area contributed by atoms with E-state index in [-0.39, 0.29) is 11.3 Å². The molecule has 1 saturated heterocycles. The normalized spacial score (nSPS) is 24.7. The first-order valence-electron chi connectivity index (χ1n) is 6.61. The Kier molecular flexibility index (Phi) is 3.48. The standard InChI is InChI=1S/C11H18N4O2S2/c1-8-12-11(18-13-8)15-6-2-3-9(7-15)14-19(16,17)10-4-5-10/h9-10,14H,2-7H2,1H3. The summed E-state index contributed by atoms with van der Waals surface area (Å²) >= 11 is 1.38. The van der Waals surface area contributed by atoms with Gasteiger partial charge < -0.3 is 4.90 Å². The van der Waals surface area contributed by atoms with E-state index in [1.807, 2.05) is 6.92 Å². The summed E-state index contributed by atoms with van der Waals surface area (Å²) in [6.07, 6.45) is 3.50. The van der Waals surface area contributed by atoms with Gasteiger partial charge in [-0.3, -0.25) is 0 Å². The van der Waals surface area contributed by atoms with Crippen molar-refractivity contribution in [1.29, 1.82) is 0 Å². The van der Waals surface area contributed by atoms with E-state index in [4.69, 9.17) is 0 Å². The van der Waals surface area contributed by atoms with Gasteiger partial charge in [0.15, 0.2) is 0 Å². The number of hydrogen-bond donors (Lipinski definition) is 1. The van der Waals surface area contributed by atoms with Crippen LogP contribution in [0.3, 0.4) is 0 Å². The summed E-state index contributed by atoms with van der Waals surface area (Å²) in [5.41, 5.74) is 0. The number of nitrogens with one attached hydrogen (secondary N) is 1. The number of aryl methyl sites for hydroxylation is 1. The lowest BCUT2D eigenvalue weighted by atomic mass is 10.1. The monoisotopic (exact) mass is 302 g/mol. The van der Waals surface area contributed by atoms with Crippen LogP contribution >= 0.6 is 11.5 Å². The molecule has 3 rings (SSSR count). The summed E-state index contributed by atoms with van der Waals surface area (Å²) in [7, 11) is -3.10. The molecule has 6 nitrogen and oxygen atoms in total. The maximum atomic E-state index is 12.0. The van der Waals surface area contributed by atoms with Gasteiger partial charge in [0.2, 0.25) is 15.2 Å². The maximum Gasteiger partial charge on any atom is 0.214 e. The minimum atomic E-state index is -3.10. The first-order valence-corrected chi connectivity index (χ1v) is 8.93. The lowest BCUT2D eigenvalue weighted by Gasteiger charge is -2.32. The number of hydrogen-bond acceptors (Lipinski definition) is 6. The molecule has 1 aromatic heterocycles. The predicted molar refractivity (Wildman–Crippen MR) is 75.0 cm³/mol. The number of sulfonamides is 1. The molecule has 1 aliphatic heterocycles. The Morgan fingerprint density at radius 1 is 1.37 bits per heavy atom. The largest absolute Gasteiger partial charge is 0.345 e. The zero-order valence-corrected chi connectivity index (χ0v) is 12.5. The summed E-state index contributed by atoms with van der Waals surface area (Å²) in [4.78, 5) is 6.50. The quantitative estimate of drug-likeness (QED) is 0.894. The van der Waals surface area contributed by atoms with Crippen molar-refractivity contribution in [2.45, 2.75) is 43.9 Å². The van der Waals surface area contributed by atoms with Crippen LogP contribution in [0.5, 0.6) is 0 Å². The van der Waals surface area contributed by atoms with Gasteiger partial charge in [-0.15, -0.1) is 0 Å². The molecule has 1 aliphatic carbocycles. The molecule has 8 heteroatoms. The average molecular weight is 302 g/mol. The Balaban J connectivity index is 1.65.